The van der Waals surface area contributed by atoms with Crippen LogP contribution in [0, 0.1) is 35.5 Å². The van der Waals surface area contributed by atoms with Crippen molar-refractivity contribution < 1.29 is 14.7 Å². The number of likely N-dealkylation sites (tertiary alicyclic amines) is 1. The van der Waals surface area contributed by atoms with Crippen LogP contribution in [0.1, 0.15) is 33.6 Å². The third-order valence-electron chi connectivity index (χ3n) is 5.91. The predicted molar refractivity (Wildman–Crippen MR) is 79.5 cm³/mol. The fourth-order valence-electron chi connectivity index (χ4n) is 4.69. The molecule has 1 heterocycles. The van der Waals surface area contributed by atoms with Gasteiger partial charge in [0.25, 0.3) is 0 Å². The SMILES string of the molecule is CC1CC(C)C(C)N(C(=O)[C@H]2C3C=CC(C3)[C@H]2C(=O)O)C1. The third-order valence-corrected chi connectivity index (χ3v) is 5.91. The second-order valence-electron chi connectivity index (χ2n) is 7.39. The second kappa shape index (κ2) is 5.15. The summed E-state index contributed by atoms with van der Waals surface area (Å²) in [6, 6.07) is 0.214. The molecule has 5 unspecified atom stereocenters. The van der Waals surface area contributed by atoms with E-state index in [1.165, 1.54) is 0 Å². The van der Waals surface area contributed by atoms with Gasteiger partial charge in [0.05, 0.1) is 11.8 Å². The van der Waals surface area contributed by atoms with Crippen LogP contribution in [0.5, 0.6) is 0 Å². The van der Waals surface area contributed by atoms with Crippen molar-refractivity contribution in [3.63, 3.8) is 0 Å². The van der Waals surface area contributed by atoms with E-state index in [0.29, 0.717) is 11.8 Å². The van der Waals surface area contributed by atoms with Crippen LogP contribution >= 0.6 is 0 Å². The molecule has 4 heteroatoms. The highest BCUT2D eigenvalue weighted by atomic mass is 16.4. The fourth-order valence-corrected chi connectivity index (χ4v) is 4.69. The first-order chi connectivity index (χ1) is 9.90. The van der Waals surface area contributed by atoms with E-state index in [2.05, 4.69) is 26.8 Å². The zero-order valence-electron chi connectivity index (χ0n) is 13.0. The van der Waals surface area contributed by atoms with Crippen LogP contribution in [0.25, 0.3) is 0 Å². The summed E-state index contributed by atoms with van der Waals surface area (Å²) in [5.74, 6) is -0.446. The molecule has 21 heavy (non-hydrogen) atoms. The van der Waals surface area contributed by atoms with Gasteiger partial charge in [0.15, 0.2) is 0 Å². The molecule has 0 aromatic rings. The number of carbonyl (C=O) groups is 2. The summed E-state index contributed by atoms with van der Waals surface area (Å²) < 4.78 is 0. The molecule has 3 rings (SSSR count). The highest BCUT2D eigenvalue weighted by Gasteiger charge is 2.53. The van der Waals surface area contributed by atoms with Crippen LogP contribution in [-0.4, -0.2) is 34.5 Å². The third kappa shape index (κ3) is 2.29. The second-order valence-corrected chi connectivity index (χ2v) is 7.39. The van der Waals surface area contributed by atoms with E-state index >= 15 is 0 Å². The van der Waals surface area contributed by atoms with Crippen LogP contribution in [-0.2, 0) is 9.59 Å². The number of allylic oxidation sites excluding steroid dienone is 2. The van der Waals surface area contributed by atoms with Gasteiger partial charge in [0, 0.05) is 12.6 Å². The van der Waals surface area contributed by atoms with Gasteiger partial charge in [0.2, 0.25) is 5.91 Å². The first kappa shape index (κ1) is 14.6. The Morgan fingerprint density at radius 1 is 1.05 bits per heavy atom. The van der Waals surface area contributed by atoms with E-state index in [1.807, 2.05) is 11.0 Å². The van der Waals surface area contributed by atoms with E-state index in [9.17, 15) is 14.7 Å². The maximum atomic E-state index is 13.0. The van der Waals surface area contributed by atoms with Gasteiger partial charge in [-0.2, -0.15) is 0 Å². The van der Waals surface area contributed by atoms with Crippen molar-refractivity contribution in [3.8, 4) is 0 Å². The number of aliphatic carboxylic acids is 1. The minimum Gasteiger partial charge on any atom is -0.481 e. The number of carboxylic acid groups (broad SMARTS) is 1. The first-order valence-electron chi connectivity index (χ1n) is 8.11. The molecular weight excluding hydrogens is 266 g/mol. The standard InChI is InChI=1S/C17H25NO3/c1-9-6-10(2)11(3)18(8-9)16(19)14-12-4-5-13(7-12)15(14)17(20)21/h4-5,9-15H,6-8H2,1-3H3,(H,20,21)/t9?,10?,11?,12?,13?,14-,15+/m0/s1. The summed E-state index contributed by atoms with van der Waals surface area (Å²) >= 11 is 0. The van der Waals surface area contributed by atoms with E-state index in [-0.39, 0.29) is 29.7 Å². The van der Waals surface area contributed by atoms with Gasteiger partial charge >= 0.3 is 5.97 Å². The number of carbonyl (C=O) groups excluding carboxylic acids is 1. The summed E-state index contributed by atoms with van der Waals surface area (Å²) in [6.45, 7) is 7.25. The van der Waals surface area contributed by atoms with Gasteiger partial charge in [-0.25, -0.2) is 0 Å². The molecule has 0 aromatic carbocycles. The molecule has 1 N–H and O–H groups in total. The van der Waals surface area contributed by atoms with E-state index in [1.54, 1.807) is 0 Å². The first-order valence-corrected chi connectivity index (χ1v) is 8.11. The lowest BCUT2D eigenvalue weighted by Gasteiger charge is -2.43. The molecule has 1 amide bonds. The van der Waals surface area contributed by atoms with Gasteiger partial charge in [-0.05, 0) is 43.4 Å². The largest absolute Gasteiger partial charge is 0.481 e. The van der Waals surface area contributed by atoms with Crippen molar-refractivity contribution in [1.29, 1.82) is 0 Å². The Balaban J connectivity index is 1.84. The normalized spacial score (nSPS) is 45.1. The Kier molecular flexibility index (Phi) is 3.58. The molecule has 3 aliphatic rings. The number of carboxylic acids is 1. The molecule has 1 saturated heterocycles. The van der Waals surface area contributed by atoms with Crippen molar-refractivity contribution in [2.45, 2.75) is 39.7 Å². The van der Waals surface area contributed by atoms with Crippen molar-refractivity contribution in [2.75, 3.05) is 6.54 Å². The van der Waals surface area contributed by atoms with Gasteiger partial charge in [0.1, 0.15) is 0 Å². The fraction of sp³-hybridized carbons (Fsp3) is 0.765. The number of amides is 1. The van der Waals surface area contributed by atoms with E-state index in [0.717, 1.165) is 19.4 Å². The number of nitrogens with zero attached hydrogens (tertiary/aromatic N) is 1. The minimum atomic E-state index is -0.809. The Morgan fingerprint density at radius 2 is 1.67 bits per heavy atom. The average Bonchev–Trinajstić information content (AvgIpc) is 3.02. The molecule has 1 saturated carbocycles. The van der Waals surface area contributed by atoms with Crippen LogP contribution < -0.4 is 0 Å². The Labute approximate surface area is 126 Å². The monoisotopic (exact) mass is 291 g/mol. The topological polar surface area (TPSA) is 57.6 Å². The lowest BCUT2D eigenvalue weighted by molar-refractivity contribution is -0.153. The molecule has 2 aliphatic carbocycles. The van der Waals surface area contributed by atoms with Crippen LogP contribution in [0.4, 0.5) is 0 Å². The van der Waals surface area contributed by atoms with Crippen LogP contribution in [0.15, 0.2) is 12.2 Å². The van der Waals surface area contributed by atoms with Crippen molar-refractivity contribution in [2.24, 2.45) is 35.5 Å². The zero-order chi connectivity index (χ0) is 15.3. The van der Waals surface area contributed by atoms with Crippen LogP contribution in [0.3, 0.4) is 0 Å². The van der Waals surface area contributed by atoms with Gasteiger partial charge < -0.3 is 10.0 Å². The minimum absolute atomic E-state index is 0.0522. The van der Waals surface area contributed by atoms with Crippen molar-refractivity contribution >= 4 is 11.9 Å². The summed E-state index contributed by atoms with van der Waals surface area (Å²) in [5, 5.41) is 9.52. The average molecular weight is 291 g/mol. The number of piperidine rings is 1. The van der Waals surface area contributed by atoms with E-state index in [4.69, 9.17) is 0 Å². The molecule has 2 bridgehead atoms. The molecule has 0 spiro atoms. The van der Waals surface area contributed by atoms with Gasteiger partial charge in [-0.3, -0.25) is 9.59 Å². The molecule has 0 aromatic heterocycles. The maximum absolute atomic E-state index is 13.0. The molecule has 4 nitrogen and oxygen atoms in total. The quantitative estimate of drug-likeness (QED) is 0.795. The highest BCUT2D eigenvalue weighted by Crippen LogP contribution is 2.49. The number of fused-ring (bicyclic) bond motifs is 2. The van der Waals surface area contributed by atoms with Crippen molar-refractivity contribution in [1.82, 2.24) is 4.90 Å². The molecule has 1 aliphatic heterocycles. The zero-order valence-corrected chi connectivity index (χ0v) is 13.0. The number of rotatable bonds is 2. The molecule has 2 fully saturated rings. The summed E-state index contributed by atoms with van der Waals surface area (Å²) in [6.07, 6.45) is 6.04. The lowest BCUT2D eigenvalue weighted by Crippen LogP contribution is -2.53. The number of hydrogen-bond donors (Lipinski definition) is 1. The van der Waals surface area contributed by atoms with E-state index < -0.39 is 11.9 Å². The number of hydrogen-bond acceptors (Lipinski definition) is 2. The maximum Gasteiger partial charge on any atom is 0.307 e. The Bertz CT molecular complexity index is 486. The van der Waals surface area contributed by atoms with Crippen molar-refractivity contribution in [3.05, 3.63) is 12.2 Å². The Morgan fingerprint density at radius 3 is 2.29 bits per heavy atom. The van der Waals surface area contributed by atoms with Crippen LogP contribution in [0.2, 0.25) is 0 Å². The Hall–Kier alpha value is -1.32. The molecular formula is C17H25NO3. The van der Waals surface area contributed by atoms with Gasteiger partial charge in [-0.1, -0.05) is 26.0 Å². The highest BCUT2D eigenvalue weighted by molar-refractivity contribution is 5.87. The molecule has 7 atom stereocenters. The smallest absolute Gasteiger partial charge is 0.307 e. The lowest BCUT2D eigenvalue weighted by atomic mass is 9.79. The summed E-state index contributed by atoms with van der Waals surface area (Å²) in [4.78, 5) is 26.6. The summed E-state index contributed by atoms with van der Waals surface area (Å²) in [5.41, 5.74) is 0. The molecule has 0 radical (unpaired) electrons. The summed E-state index contributed by atoms with van der Waals surface area (Å²) in [7, 11) is 0. The molecule has 116 valence electrons. The predicted octanol–water partition coefficient (Wildman–Crippen LogP) is 2.40. The van der Waals surface area contributed by atoms with Gasteiger partial charge in [-0.15, -0.1) is 0 Å².